The zero-order valence-electron chi connectivity index (χ0n) is 19.7. The lowest BCUT2D eigenvalue weighted by Gasteiger charge is -2.26. The number of benzene rings is 3. The summed E-state index contributed by atoms with van der Waals surface area (Å²) in [6.07, 6.45) is 3.22. The Labute approximate surface area is 205 Å². The summed E-state index contributed by atoms with van der Waals surface area (Å²) in [6, 6.07) is 24.4. The molecule has 3 aromatic rings. The molecule has 178 valence electrons. The van der Waals surface area contributed by atoms with Crippen LogP contribution in [-0.4, -0.2) is 41.8 Å². The molecule has 3 aromatic carbocycles. The molecule has 1 unspecified atom stereocenters. The summed E-state index contributed by atoms with van der Waals surface area (Å²) in [5.41, 5.74) is 3.70. The summed E-state index contributed by atoms with van der Waals surface area (Å²) >= 11 is 0. The molecule has 0 saturated carbocycles. The molecule has 6 nitrogen and oxygen atoms in total. The van der Waals surface area contributed by atoms with Gasteiger partial charge in [0, 0.05) is 18.7 Å². The van der Waals surface area contributed by atoms with E-state index in [2.05, 4.69) is 17.4 Å². The van der Waals surface area contributed by atoms with Gasteiger partial charge < -0.3 is 15.1 Å². The standard InChI is InChI=1S/C29H29N3O3/c33-27(30-18-8-12-21-10-2-1-3-11-21)23-14-5-4-13-22(23)20-32-25-16-7-6-15-24(25)28(34)31-19-9-17-26(31)29(32)35/h1-7,10-11,13-16,26H,8-9,12,17-20H2,(H,30,33). The van der Waals surface area contributed by atoms with Crippen molar-refractivity contribution < 1.29 is 14.4 Å². The van der Waals surface area contributed by atoms with Gasteiger partial charge in [0.1, 0.15) is 6.04 Å². The highest BCUT2D eigenvalue weighted by atomic mass is 16.2. The van der Waals surface area contributed by atoms with E-state index in [0.29, 0.717) is 36.3 Å². The lowest BCUT2D eigenvalue weighted by molar-refractivity contribution is -0.122. The van der Waals surface area contributed by atoms with E-state index in [4.69, 9.17) is 0 Å². The average Bonchev–Trinajstić information content (AvgIpc) is 3.37. The first kappa shape index (κ1) is 22.8. The fraction of sp³-hybridized carbons (Fsp3) is 0.276. The predicted molar refractivity (Wildman–Crippen MR) is 135 cm³/mol. The van der Waals surface area contributed by atoms with E-state index in [1.807, 2.05) is 54.6 Å². The first-order chi connectivity index (χ1) is 17.1. The van der Waals surface area contributed by atoms with Crippen molar-refractivity contribution >= 4 is 23.4 Å². The second-order valence-electron chi connectivity index (χ2n) is 9.10. The summed E-state index contributed by atoms with van der Waals surface area (Å²) in [5.74, 6) is -0.329. The van der Waals surface area contributed by atoms with Gasteiger partial charge in [-0.05, 0) is 55.0 Å². The average molecular weight is 468 g/mol. The zero-order valence-corrected chi connectivity index (χ0v) is 19.7. The molecule has 0 aromatic heterocycles. The van der Waals surface area contributed by atoms with Crippen molar-refractivity contribution in [2.75, 3.05) is 18.0 Å². The van der Waals surface area contributed by atoms with E-state index in [9.17, 15) is 14.4 Å². The third-order valence-corrected chi connectivity index (χ3v) is 6.85. The van der Waals surface area contributed by atoms with Gasteiger partial charge in [-0.1, -0.05) is 60.7 Å². The second kappa shape index (κ2) is 10.1. The molecular formula is C29H29N3O3. The quantitative estimate of drug-likeness (QED) is 0.530. The molecule has 5 rings (SSSR count). The molecule has 1 fully saturated rings. The van der Waals surface area contributed by atoms with Gasteiger partial charge in [-0.25, -0.2) is 0 Å². The molecule has 3 amide bonds. The van der Waals surface area contributed by atoms with Gasteiger partial charge in [-0.2, -0.15) is 0 Å². The summed E-state index contributed by atoms with van der Waals surface area (Å²) in [7, 11) is 0. The van der Waals surface area contributed by atoms with Crippen molar-refractivity contribution in [2.24, 2.45) is 0 Å². The predicted octanol–water partition coefficient (Wildman–Crippen LogP) is 4.20. The van der Waals surface area contributed by atoms with E-state index in [-0.39, 0.29) is 24.3 Å². The number of para-hydroxylation sites is 1. The Kier molecular flexibility index (Phi) is 6.62. The minimum atomic E-state index is -0.450. The number of nitrogens with one attached hydrogen (secondary N) is 1. The number of fused-ring (bicyclic) bond motifs is 2. The molecule has 0 spiro atoms. The molecule has 6 heteroatoms. The third kappa shape index (κ3) is 4.69. The maximum absolute atomic E-state index is 13.6. The van der Waals surface area contributed by atoms with Gasteiger partial charge in [-0.3, -0.25) is 14.4 Å². The number of hydrogen-bond donors (Lipinski definition) is 1. The third-order valence-electron chi connectivity index (χ3n) is 6.85. The highest BCUT2D eigenvalue weighted by Crippen LogP contribution is 2.33. The molecule has 0 bridgehead atoms. The van der Waals surface area contributed by atoms with E-state index in [1.54, 1.807) is 21.9 Å². The Hall–Kier alpha value is -3.93. The van der Waals surface area contributed by atoms with Crippen molar-refractivity contribution in [1.82, 2.24) is 10.2 Å². The molecule has 1 atom stereocenters. The Balaban J connectivity index is 1.34. The number of nitrogens with zero attached hydrogens (tertiary/aromatic N) is 2. The maximum atomic E-state index is 13.6. The van der Waals surface area contributed by atoms with Crippen LogP contribution in [0.4, 0.5) is 5.69 Å². The van der Waals surface area contributed by atoms with Gasteiger partial charge in [0.05, 0.1) is 17.8 Å². The van der Waals surface area contributed by atoms with Crippen LogP contribution >= 0.6 is 0 Å². The van der Waals surface area contributed by atoms with Crippen LogP contribution in [-0.2, 0) is 17.8 Å². The fourth-order valence-electron chi connectivity index (χ4n) is 5.06. The van der Waals surface area contributed by atoms with Gasteiger partial charge in [0.2, 0.25) is 5.91 Å². The van der Waals surface area contributed by atoms with Gasteiger partial charge in [0.25, 0.3) is 11.8 Å². The highest BCUT2D eigenvalue weighted by molar-refractivity contribution is 6.11. The van der Waals surface area contributed by atoms with Crippen molar-refractivity contribution in [3.05, 3.63) is 101 Å². The minimum absolute atomic E-state index is 0.0844. The molecule has 1 N–H and O–H groups in total. The van der Waals surface area contributed by atoms with E-state index in [1.165, 1.54) is 5.56 Å². The monoisotopic (exact) mass is 467 g/mol. The Bertz CT molecular complexity index is 1240. The molecular weight excluding hydrogens is 438 g/mol. The van der Waals surface area contributed by atoms with Crippen molar-refractivity contribution in [3.8, 4) is 0 Å². The number of rotatable bonds is 7. The minimum Gasteiger partial charge on any atom is -0.352 e. The largest absolute Gasteiger partial charge is 0.352 e. The second-order valence-corrected chi connectivity index (χ2v) is 9.10. The molecule has 0 aliphatic carbocycles. The molecule has 35 heavy (non-hydrogen) atoms. The molecule has 2 heterocycles. The Morgan fingerprint density at radius 1 is 0.914 bits per heavy atom. The highest BCUT2D eigenvalue weighted by Gasteiger charge is 2.42. The number of anilines is 1. The van der Waals surface area contributed by atoms with Crippen LogP contribution in [0.3, 0.4) is 0 Å². The normalized spacial score (nSPS) is 17.1. The SMILES string of the molecule is O=C(NCCCc1ccccc1)c1ccccc1CN1C(=O)C2CCCN2C(=O)c2ccccc21. The van der Waals surface area contributed by atoms with Crippen LogP contribution in [0.15, 0.2) is 78.9 Å². The lowest BCUT2D eigenvalue weighted by Crippen LogP contribution is -2.44. The first-order valence-electron chi connectivity index (χ1n) is 12.2. The van der Waals surface area contributed by atoms with E-state index >= 15 is 0 Å². The van der Waals surface area contributed by atoms with Gasteiger partial charge >= 0.3 is 0 Å². The summed E-state index contributed by atoms with van der Waals surface area (Å²) < 4.78 is 0. The van der Waals surface area contributed by atoms with Crippen LogP contribution < -0.4 is 10.2 Å². The van der Waals surface area contributed by atoms with Crippen LogP contribution in [0.5, 0.6) is 0 Å². The number of carbonyl (C=O) groups excluding carboxylic acids is 3. The Morgan fingerprint density at radius 3 is 2.51 bits per heavy atom. The van der Waals surface area contributed by atoms with Crippen molar-refractivity contribution in [3.63, 3.8) is 0 Å². The summed E-state index contributed by atoms with van der Waals surface area (Å²) in [6.45, 7) is 1.40. The van der Waals surface area contributed by atoms with Crippen LogP contribution in [0, 0.1) is 0 Å². The van der Waals surface area contributed by atoms with Crippen LogP contribution in [0.25, 0.3) is 0 Å². The van der Waals surface area contributed by atoms with Crippen molar-refractivity contribution in [1.29, 1.82) is 0 Å². The number of carbonyl (C=O) groups is 3. The lowest BCUT2D eigenvalue weighted by atomic mass is 10.0. The van der Waals surface area contributed by atoms with Crippen molar-refractivity contribution in [2.45, 2.75) is 38.3 Å². The summed E-state index contributed by atoms with van der Waals surface area (Å²) in [5, 5.41) is 3.03. The maximum Gasteiger partial charge on any atom is 0.256 e. The zero-order chi connectivity index (χ0) is 24.2. The molecule has 1 saturated heterocycles. The van der Waals surface area contributed by atoms with Crippen LogP contribution in [0.2, 0.25) is 0 Å². The fourth-order valence-corrected chi connectivity index (χ4v) is 5.06. The van der Waals surface area contributed by atoms with E-state index < -0.39 is 6.04 Å². The Morgan fingerprint density at radius 2 is 1.66 bits per heavy atom. The van der Waals surface area contributed by atoms with Gasteiger partial charge in [-0.15, -0.1) is 0 Å². The number of hydrogen-bond acceptors (Lipinski definition) is 3. The smallest absolute Gasteiger partial charge is 0.256 e. The topological polar surface area (TPSA) is 69.7 Å². The van der Waals surface area contributed by atoms with Crippen LogP contribution in [0.1, 0.15) is 51.1 Å². The van der Waals surface area contributed by atoms with E-state index in [0.717, 1.165) is 24.8 Å². The number of amides is 3. The summed E-state index contributed by atoms with van der Waals surface area (Å²) in [4.78, 5) is 43.2. The molecule has 2 aliphatic rings. The first-order valence-corrected chi connectivity index (χ1v) is 12.2. The molecule has 2 aliphatic heterocycles. The van der Waals surface area contributed by atoms with Gasteiger partial charge in [0.15, 0.2) is 0 Å². The molecule has 0 radical (unpaired) electrons. The number of aryl methyl sites for hydroxylation is 1.